The van der Waals surface area contributed by atoms with Gasteiger partial charge >= 0.3 is 0 Å². The Morgan fingerprint density at radius 1 is 0.533 bits per heavy atom. The molecule has 0 unspecified atom stereocenters. The van der Waals surface area contributed by atoms with Gasteiger partial charge in [-0.1, -0.05) is 97.1 Å². The van der Waals surface area contributed by atoms with Crippen LogP contribution in [0.1, 0.15) is 16.7 Å². The summed E-state index contributed by atoms with van der Waals surface area (Å²) in [4.78, 5) is 0. The average Bonchev–Trinajstić information content (AvgIpc) is 2.80. The minimum Gasteiger partial charge on any atom is -1.00 e. The number of hydrogen-bond donors (Lipinski definition) is 0. The molecule has 0 aliphatic rings. The van der Waals surface area contributed by atoms with Crippen LogP contribution in [0.25, 0.3) is 34.0 Å². The van der Waals surface area contributed by atoms with Crippen LogP contribution < -0.4 is 17.0 Å². The first kappa shape index (κ1) is 19.9. The Bertz CT molecular complexity index is 1250. The molecule has 2 heteroatoms. The molecule has 0 aliphatic carbocycles. The van der Waals surface area contributed by atoms with Gasteiger partial charge in [0.2, 0.25) is 11.0 Å². The van der Waals surface area contributed by atoms with Crippen molar-refractivity contribution in [2.24, 2.45) is 0 Å². The molecular formula is C28H22ClN. The van der Waals surface area contributed by atoms with Gasteiger partial charge in [-0.25, -0.2) is 0 Å². The summed E-state index contributed by atoms with van der Waals surface area (Å²) >= 11 is 0. The van der Waals surface area contributed by atoms with Crippen LogP contribution in [-0.4, -0.2) is 0 Å². The van der Waals surface area contributed by atoms with Gasteiger partial charge in [0.05, 0.1) is 10.8 Å². The second kappa shape index (κ2) is 8.94. The largest absolute Gasteiger partial charge is 1.00 e. The summed E-state index contributed by atoms with van der Waals surface area (Å²) in [6.45, 7) is 0.852. The van der Waals surface area contributed by atoms with Crippen molar-refractivity contribution in [3.05, 3.63) is 126 Å². The number of para-hydroxylation sites is 2. The van der Waals surface area contributed by atoms with E-state index in [0.29, 0.717) is 0 Å². The maximum atomic E-state index is 2.43. The molecule has 4 aromatic carbocycles. The monoisotopic (exact) mass is 407 g/mol. The lowest BCUT2D eigenvalue weighted by Crippen LogP contribution is -3.00. The third-order valence-corrected chi connectivity index (χ3v) is 5.40. The summed E-state index contributed by atoms with van der Waals surface area (Å²) in [5, 5.41) is 2.55. The van der Waals surface area contributed by atoms with Crippen molar-refractivity contribution in [1.82, 2.24) is 0 Å². The Morgan fingerprint density at radius 2 is 1.03 bits per heavy atom. The molecule has 0 aliphatic heterocycles. The molecule has 0 spiro atoms. The molecular weight excluding hydrogens is 386 g/mol. The number of halogens is 1. The molecule has 5 aromatic rings. The standard InChI is InChI=1S/C28H22N.ClH/c1-3-11-22(12-4-1)19-20-24-25-15-7-9-17-27(25)29(21-23-13-5-2-6-14-23)28-18-10-8-16-26(24)28;/h1-20H,21H2;1H/q+1;/p-1. The van der Waals surface area contributed by atoms with E-state index in [0.717, 1.165) is 6.54 Å². The predicted octanol–water partition coefficient (Wildman–Crippen LogP) is 3.50. The van der Waals surface area contributed by atoms with Crippen LogP contribution in [0.2, 0.25) is 0 Å². The molecule has 5 rings (SSSR count). The quantitative estimate of drug-likeness (QED) is 0.317. The Morgan fingerprint density at radius 3 is 1.63 bits per heavy atom. The van der Waals surface area contributed by atoms with Gasteiger partial charge < -0.3 is 12.4 Å². The fourth-order valence-electron chi connectivity index (χ4n) is 4.01. The molecule has 0 saturated carbocycles. The highest BCUT2D eigenvalue weighted by Crippen LogP contribution is 2.27. The first-order chi connectivity index (χ1) is 14.4. The van der Waals surface area contributed by atoms with Crippen molar-refractivity contribution in [3.63, 3.8) is 0 Å². The van der Waals surface area contributed by atoms with Crippen molar-refractivity contribution < 1.29 is 17.0 Å². The van der Waals surface area contributed by atoms with Gasteiger partial charge in [0.15, 0.2) is 6.54 Å². The van der Waals surface area contributed by atoms with Crippen LogP contribution in [0.3, 0.4) is 0 Å². The highest BCUT2D eigenvalue weighted by molar-refractivity contribution is 6.01. The lowest BCUT2D eigenvalue weighted by atomic mass is 10.00. The van der Waals surface area contributed by atoms with Gasteiger partial charge in [-0.3, -0.25) is 0 Å². The summed E-state index contributed by atoms with van der Waals surface area (Å²) in [5.41, 5.74) is 6.29. The molecule has 0 saturated heterocycles. The molecule has 0 bridgehead atoms. The zero-order valence-corrected chi connectivity index (χ0v) is 17.3. The van der Waals surface area contributed by atoms with Gasteiger partial charge in [0, 0.05) is 23.3 Å². The number of aromatic nitrogens is 1. The minimum absolute atomic E-state index is 0. The van der Waals surface area contributed by atoms with Gasteiger partial charge in [0.1, 0.15) is 0 Å². The van der Waals surface area contributed by atoms with Gasteiger partial charge in [-0.05, 0) is 17.7 Å². The van der Waals surface area contributed by atoms with Crippen LogP contribution in [0, 0.1) is 0 Å². The van der Waals surface area contributed by atoms with Crippen LogP contribution in [0.5, 0.6) is 0 Å². The van der Waals surface area contributed by atoms with Crippen molar-refractivity contribution in [2.75, 3.05) is 0 Å². The number of rotatable bonds is 4. The summed E-state index contributed by atoms with van der Waals surface area (Å²) in [6.07, 6.45) is 4.46. The topological polar surface area (TPSA) is 3.88 Å². The molecule has 1 aromatic heterocycles. The first-order valence-corrected chi connectivity index (χ1v) is 10.0. The van der Waals surface area contributed by atoms with E-state index in [-0.39, 0.29) is 12.4 Å². The Kier molecular flexibility index (Phi) is 5.92. The van der Waals surface area contributed by atoms with E-state index >= 15 is 0 Å². The maximum absolute atomic E-state index is 2.43. The lowest BCUT2D eigenvalue weighted by Gasteiger charge is -2.10. The SMILES string of the molecule is C(=Cc1c2ccccc2[n+](Cc2ccccc2)c2ccccc12)c1ccccc1.[Cl-]. The fraction of sp³-hybridized carbons (Fsp3) is 0.0357. The number of nitrogens with zero attached hydrogens (tertiary/aromatic N) is 1. The third-order valence-electron chi connectivity index (χ3n) is 5.40. The molecule has 146 valence electrons. The summed E-state index contributed by atoms with van der Waals surface area (Å²) in [5.74, 6) is 0. The number of fused-ring (bicyclic) bond motifs is 2. The smallest absolute Gasteiger partial charge is 0.213 e. The number of benzene rings is 4. The normalized spacial score (nSPS) is 11.1. The number of pyridine rings is 1. The van der Waals surface area contributed by atoms with E-state index in [1.807, 2.05) is 0 Å². The fourth-order valence-corrected chi connectivity index (χ4v) is 4.01. The molecule has 0 atom stereocenters. The Labute approximate surface area is 183 Å². The van der Waals surface area contributed by atoms with Crippen molar-refractivity contribution >= 4 is 34.0 Å². The average molecular weight is 408 g/mol. The highest BCUT2D eigenvalue weighted by Gasteiger charge is 2.19. The lowest BCUT2D eigenvalue weighted by molar-refractivity contribution is -0.635. The van der Waals surface area contributed by atoms with Crippen LogP contribution in [0.15, 0.2) is 109 Å². The highest BCUT2D eigenvalue weighted by atomic mass is 35.5. The summed E-state index contributed by atoms with van der Waals surface area (Å²) in [6, 6.07) is 38.6. The zero-order valence-electron chi connectivity index (χ0n) is 16.6. The van der Waals surface area contributed by atoms with Gasteiger partial charge in [0.25, 0.3) is 0 Å². The Balaban J connectivity index is 0.00000218. The van der Waals surface area contributed by atoms with Gasteiger partial charge in [-0.15, -0.1) is 0 Å². The first-order valence-electron chi connectivity index (χ1n) is 10.0. The zero-order chi connectivity index (χ0) is 19.5. The van der Waals surface area contributed by atoms with E-state index < -0.39 is 0 Å². The van der Waals surface area contributed by atoms with E-state index in [4.69, 9.17) is 0 Å². The van der Waals surface area contributed by atoms with Crippen molar-refractivity contribution in [1.29, 1.82) is 0 Å². The molecule has 0 radical (unpaired) electrons. The Hall–Kier alpha value is -3.42. The van der Waals surface area contributed by atoms with Gasteiger partial charge in [-0.2, -0.15) is 4.57 Å². The molecule has 0 amide bonds. The third kappa shape index (κ3) is 3.85. The number of hydrogen-bond acceptors (Lipinski definition) is 0. The van der Waals surface area contributed by atoms with E-state index in [9.17, 15) is 0 Å². The van der Waals surface area contributed by atoms with Crippen molar-refractivity contribution in [2.45, 2.75) is 6.54 Å². The minimum atomic E-state index is 0. The summed E-state index contributed by atoms with van der Waals surface area (Å²) < 4.78 is 2.43. The van der Waals surface area contributed by atoms with Crippen LogP contribution in [0.4, 0.5) is 0 Å². The summed E-state index contributed by atoms with van der Waals surface area (Å²) in [7, 11) is 0. The second-order valence-electron chi connectivity index (χ2n) is 7.26. The van der Waals surface area contributed by atoms with E-state index in [2.05, 4.69) is 126 Å². The van der Waals surface area contributed by atoms with Crippen LogP contribution >= 0.6 is 0 Å². The molecule has 0 fully saturated rings. The van der Waals surface area contributed by atoms with Crippen LogP contribution in [-0.2, 0) is 6.54 Å². The molecule has 30 heavy (non-hydrogen) atoms. The van der Waals surface area contributed by atoms with E-state index in [1.165, 1.54) is 38.5 Å². The maximum Gasteiger partial charge on any atom is 0.213 e. The predicted molar refractivity (Wildman–Crippen MR) is 123 cm³/mol. The second-order valence-corrected chi connectivity index (χ2v) is 7.26. The molecule has 1 nitrogen and oxygen atoms in total. The molecule has 0 N–H and O–H groups in total. The van der Waals surface area contributed by atoms with Crippen molar-refractivity contribution in [3.8, 4) is 0 Å². The molecule has 1 heterocycles. The van der Waals surface area contributed by atoms with E-state index in [1.54, 1.807) is 0 Å².